The fourth-order valence-corrected chi connectivity index (χ4v) is 2.63. The van der Waals surface area contributed by atoms with Gasteiger partial charge in [-0.15, -0.1) is 11.3 Å². The second-order valence-electron chi connectivity index (χ2n) is 4.35. The Kier molecular flexibility index (Phi) is 6.97. The van der Waals surface area contributed by atoms with Gasteiger partial charge in [-0.2, -0.15) is 0 Å². The van der Waals surface area contributed by atoms with E-state index < -0.39 is 10.0 Å². The minimum absolute atomic E-state index is 0.138. The average molecular weight is 318 g/mol. The van der Waals surface area contributed by atoms with Crippen molar-refractivity contribution in [2.45, 2.75) is 13.3 Å². The Labute approximate surface area is 124 Å². The van der Waals surface area contributed by atoms with E-state index in [1.54, 1.807) is 11.3 Å². The van der Waals surface area contributed by atoms with Gasteiger partial charge < -0.3 is 10.2 Å². The molecule has 0 bridgehead atoms. The number of aliphatic imine (C=N–C) groups is 1. The van der Waals surface area contributed by atoms with E-state index >= 15 is 0 Å². The predicted octanol–water partition coefficient (Wildman–Crippen LogP) is 0.476. The summed E-state index contributed by atoms with van der Waals surface area (Å²) >= 11 is 1.73. The second kappa shape index (κ2) is 8.23. The summed E-state index contributed by atoms with van der Waals surface area (Å²) in [6, 6.07) is 4.13. The SMILES string of the molecule is CCNC(=NCCS(N)(=O)=O)N(C)CCc1cccs1. The molecule has 8 heteroatoms. The first-order valence-electron chi connectivity index (χ1n) is 6.44. The lowest BCUT2D eigenvalue weighted by molar-refractivity contribution is 0.487. The topological polar surface area (TPSA) is 87.8 Å². The minimum atomic E-state index is -3.46. The third-order valence-corrected chi connectivity index (χ3v) is 4.30. The van der Waals surface area contributed by atoms with E-state index in [0.717, 1.165) is 19.5 Å². The van der Waals surface area contributed by atoms with Gasteiger partial charge in [0.25, 0.3) is 0 Å². The van der Waals surface area contributed by atoms with Crippen LogP contribution in [0.5, 0.6) is 0 Å². The molecule has 1 heterocycles. The van der Waals surface area contributed by atoms with Gasteiger partial charge in [0.15, 0.2) is 5.96 Å². The molecule has 3 N–H and O–H groups in total. The Bertz CT molecular complexity index is 512. The number of primary sulfonamides is 1. The molecule has 114 valence electrons. The lowest BCUT2D eigenvalue weighted by Gasteiger charge is -2.21. The van der Waals surface area contributed by atoms with Crippen LogP contribution in [0.1, 0.15) is 11.8 Å². The molecule has 0 atom stereocenters. The van der Waals surface area contributed by atoms with Gasteiger partial charge in [0.05, 0.1) is 12.3 Å². The molecular weight excluding hydrogens is 296 g/mol. The number of guanidine groups is 1. The summed E-state index contributed by atoms with van der Waals surface area (Å²) < 4.78 is 21.8. The molecule has 0 aromatic carbocycles. The molecule has 20 heavy (non-hydrogen) atoms. The number of likely N-dealkylation sites (N-methyl/N-ethyl adjacent to an activating group) is 1. The highest BCUT2D eigenvalue weighted by Gasteiger charge is 2.07. The maximum absolute atomic E-state index is 10.9. The third-order valence-electron chi connectivity index (χ3n) is 2.61. The summed E-state index contributed by atoms with van der Waals surface area (Å²) in [5, 5.41) is 10.2. The van der Waals surface area contributed by atoms with Gasteiger partial charge in [-0.05, 0) is 24.8 Å². The monoisotopic (exact) mass is 318 g/mol. The number of nitrogens with one attached hydrogen (secondary N) is 1. The van der Waals surface area contributed by atoms with Gasteiger partial charge >= 0.3 is 0 Å². The van der Waals surface area contributed by atoms with Crippen LogP contribution in [-0.4, -0.2) is 51.7 Å². The predicted molar refractivity (Wildman–Crippen MR) is 84.6 cm³/mol. The van der Waals surface area contributed by atoms with Crippen molar-refractivity contribution in [3.63, 3.8) is 0 Å². The summed E-state index contributed by atoms with van der Waals surface area (Å²) in [5.41, 5.74) is 0. The quantitative estimate of drug-likeness (QED) is 0.565. The standard InChI is InChI=1S/C12H22N4O2S2/c1-3-14-12(15-7-10-20(13,17)18)16(2)8-6-11-5-4-9-19-11/h4-5,9H,3,6-8,10H2,1-2H3,(H,14,15)(H2,13,17,18). The van der Waals surface area contributed by atoms with E-state index in [1.807, 2.05) is 24.9 Å². The van der Waals surface area contributed by atoms with Gasteiger partial charge in [-0.3, -0.25) is 4.99 Å². The van der Waals surface area contributed by atoms with Gasteiger partial charge in [0, 0.05) is 25.0 Å². The van der Waals surface area contributed by atoms with E-state index in [0.29, 0.717) is 5.96 Å². The van der Waals surface area contributed by atoms with Crippen molar-refractivity contribution in [1.29, 1.82) is 0 Å². The van der Waals surface area contributed by atoms with Crippen molar-refractivity contribution >= 4 is 27.3 Å². The number of rotatable bonds is 7. The number of sulfonamides is 1. The molecule has 0 amide bonds. The maximum Gasteiger partial charge on any atom is 0.210 e. The number of nitrogens with two attached hydrogens (primary N) is 1. The minimum Gasteiger partial charge on any atom is -0.357 e. The van der Waals surface area contributed by atoms with Gasteiger partial charge in [0.2, 0.25) is 10.0 Å². The lowest BCUT2D eigenvalue weighted by atomic mass is 10.3. The highest BCUT2D eigenvalue weighted by molar-refractivity contribution is 7.89. The zero-order valence-electron chi connectivity index (χ0n) is 11.9. The molecule has 0 aliphatic rings. The van der Waals surface area contributed by atoms with Crippen molar-refractivity contribution in [2.75, 3.05) is 32.4 Å². The van der Waals surface area contributed by atoms with Gasteiger partial charge in [0.1, 0.15) is 0 Å². The van der Waals surface area contributed by atoms with Crippen LogP contribution in [0, 0.1) is 0 Å². The Morgan fingerprint density at radius 1 is 1.55 bits per heavy atom. The van der Waals surface area contributed by atoms with Crippen molar-refractivity contribution in [3.05, 3.63) is 22.4 Å². The van der Waals surface area contributed by atoms with Crippen molar-refractivity contribution in [1.82, 2.24) is 10.2 Å². The van der Waals surface area contributed by atoms with Crippen LogP contribution in [0.3, 0.4) is 0 Å². The van der Waals surface area contributed by atoms with Crippen LogP contribution < -0.4 is 10.5 Å². The smallest absolute Gasteiger partial charge is 0.210 e. The van der Waals surface area contributed by atoms with E-state index in [4.69, 9.17) is 5.14 Å². The first-order chi connectivity index (χ1) is 9.42. The molecule has 0 radical (unpaired) electrons. The first kappa shape index (κ1) is 16.9. The van der Waals surface area contributed by atoms with E-state index in [2.05, 4.69) is 21.8 Å². The molecule has 6 nitrogen and oxygen atoms in total. The molecule has 0 spiro atoms. The summed E-state index contributed by atoms with van der Waals surface area (Å²) in [6.07, 6.45) is 0.938. The van der Waals surface area contributed by atoms with Crippen molar-refractivity contribution < 1.29 is 8.42 Å². The second-order valence-corrected chi connectivity index (χ2v) is 7.12. The van der Waals surface area contributed by atoms with Crippen LogP contribution in [0.15, 0.2) is 22.5 Å². The molecule has 1 aromatic rings. The molecular formula is C12H22N4O2S2. The molecule has 0 aliphatic heterocycles. The summed E-state index contributed by atoms with van der Waals surface area (Å²) in [4.78, 5) is 7.58. The molecule has 1 aromatic heterocycles. The summed E-state index contributed by atoms with van der Waals surface area (Å²) in [7, 11) is -1.52. The van der Waals surface area contributed by atoms with Crippen molar-refractivity contribution in [2.24, 2.45) is 10.1 Å². The Morgan fingerprint density at radius 3 is 2.85 bits per heavy atom. The average Bonchev–Trinajstić information content (AvgIpc) is 2.86. The summed E-state index contributed by atoms with van der Waals surface area (Å²) in [6.45, 7) is 3.70. The molecule has 1 rings (SSSR count). The fourth-order valence-electron chi connectivity index (χ4n) is 1.59. The van der Waals surface area contributed by atoms with Crippen LogP contribution >= 0.6 is 11.3 Å². The highest BCUT2D eigenvalue weighted by Crippen LogP contribution is 2.09. The highest BCUT2D eigenvalue weighted by atomic mass is 32.2. The first-order valence-corrected chi connectivity index (χ1v) is 9.04. The summed E-state index contributed by atoms with van der Waals surface area (Å²) in [5.74, 6) is 0.563. The van der Waals surface area contributed by atoms with Crippen LogP contribution in [0.25, 0.3) is 0 Å². The molecule has 0 unspecified atom stereocenters. The fraction of sp³-hybridized carbons (Fsp3) is 0.583. The Morgan fingerprint density at radius 2 is 2.30 bits per heavy atom. The molecule has 0 fully saturated rings. The van der Waals surface area contributed by atoms with E-state index in [9.17, 15) is 8.42 Å². The number of nitrogens with zero attached hydrogens (tertiary/aromatic N) is 2. The van der Waals surface area contributed by atoms with E-state index in [1.165, 1.54) is 4.88 Å². The molecule has 0 saturated heterocycles. The zero-order chi connectivity index (χ0) is 15.0. The van der Waals surface area contributed by atoms with Gasteiger partial charge in [-0.25, -0.2) is 13.6 Å². The number of hydrogen-bond acceptors (Lipinski definition) is 4. The third kappa shape index (κ3) is 6.88. The van der Waals surface area contributed by atoms with E-state index in [-0.39, 0.29) is 12.3 Å². The Hall–Kier alpha value is -1.12. The maximum atomic E-state index is 10.9. The van der Waals surface area contributed by atoms with Gasteiger partial charge in [-0.1, -0.05) is 6.07 Å². The Balaban J connectivity index is 2.52. The normalized spacial score (nSPS) is 12.4. The largest absolute Gasteiger partial charge is 0.357 e. The number of thiophene rings is 1. The zero-order valence-corrected chi connectivity index (χ0v) is 13.5. The molecule has 0 saturated carbocycles. The number of hydrogen-bond donors (Lipinski definition) is 2. The van der Waals surface area contributed by atoms with Crippen LogP contribution in [0.2, 0.25) is 0 Å². The van der Waals surface area contributed by atoms with Crippen LogP contribution in [-0.2, 0) is 16.4 Å². The lowest BCUT2D eigenvalue weighted by Crippen LogP contribution is -2.40. The molecule has 0 aliphatic carbocycles. The van der Waals surface area contributed by atoms with Crippen LogP contribution in [0.4, 0.5) is 0 Å². The van der Waals surface area contributed by atoms with Crippen molar-refractivity contribution in [3.8, 4) is 0 Å².